The molecule has 10 atom stereocenters. The van der Waals surface area contributed by atoms with Crippen LogP contribution in [0.4, 0.5) is 0 Å². The summed E-state index contributed by atoms with van der Waals surface area (Å²) in [6, 6.07) is 0. The second-order valence-electron chi connectivity index (χ2n) is 15.2. The number of rotatable bonds is 1. The fourth-order valence-electron chi connectivity index (χ4n) is 11.0. The Kier molecular flexibility index (Phi) is 5.62. The highest BCUT2D eigenvalue weighted by Crippen LogP contribution is 2.75. The molecule has 0 aromatic carbocycles. The van der Waals surface area contributed by atoms with Crippen molar-refractivity contribution in [3.8, 4) is 0 Å². The van der Waals surface area contributed by atoms with Gasteiger partial charge in [-0.05, 0) is 96.4 Å². The van der Waals surface area contributed by atoms with Crippen LogP contribution in [0.25, 0.3) is 0 Å². The van der Waals surface area contributed by atoms with Crippen molar-refractivity contribution in [3.05, 3.63) is 11.6 Å². The second-order valence-corrected chi connectivity index (χ2v) is 15.2. The van der Waals surface area contributed by atoms with Gasteiger partial charge in [0.05, 0.1) is 0 Å². The maximum atomic E-state index is 13.1. The molecule has 0 spiro atoms. The number of esters is 1. The van der Waals surface area contributed by atoms with Gasteiger partial charge in [0.2, 0.25) is 0 Å². The molecule has 0 bridgehead atoms. The van der Waals surface area contributed by atoms with Gasteiger partial charge in [-0.15, -0.1) is 0 Å². The highest BCUT2D eigenvalue weighted by molar-refractivity contribution is 5.85. The van der Waals surface area contributed by atoms with Gasteiger partial charge in [-0.1, -0.05) is 61.0 Å². The van der Waals surface area contributed by atoms with Crippen molar-refractivity contribution >= 4 is 11.8 Å². The van der Waals surface area contributed by atoms with Gasteiger partial charge >= 0.3 is 5.97 Å². The summed E-state index contributed by atoms with van der Waals surface area (Å²) >= 11 is 0. The largest absolute Gasteiger partial charge is 0.458 e. The van der Waals surface area contributed by atoms with Crippen molar-refractivity contribution in [1.82, 2.24) is 0 Å². The molecule has 0 heterocycles. The number of allylic oxidation sites excluding steroid dienone is 1. The number of ether oxygens (including phenoxy) is 1. The van der Waals surface area contributed by atoms with E-state index < -0.39 is 0 Å². The zero-order chi connectivity index (χ0) is 25.8. The average Bonchev–Trinajstić information content (AvgIpc) is 2.75. The van der Waals surface area contributed by atoms with E-state index in [-0.39, 0.29) is 39.7 Å². The number of carbonyl (C=O) groups excluding carboxylic acids is 2. The molecule has 4 fully saturated rings. The molecule has 0 amide bonds. The van der Waals surface area contributed by atoms with Crippen LogP contribution in [0.3, 0.4) is 0 Å². The van der Waals surface area contributed by atoms with E-state index in [1.807, 2.05) is 0 Å². The molecule has 0 saturated heterocycles. The standard InChI is InChI=1S/C32H50O3/c1-19-10-13-29(6)16-17-31(8)22(26(29)20(19)2)18-23(35-21(3)33)27-30(7)14-12-25(34)28(4,5)24(30)11-15-32(27,31)9/h18-20,23-24,26-27H,10-17H2,1-9H3/t19-,20+,23+,24+,26+,27-,29-,30+,31-,32-/m1/s1. The molecule has 35 heavy (non-hydrogen) atoms. The lowest BCUT2D eigenvalue weighted by molar-refractivity contribution is -0.214. The number of hydrogen-bond donors (Lipinski definition) is 0. The van der Waals surface area contributed by atoms with Crippen LogP contribution in [0.5, 0.6) is 0 Å². The summed E-state index contributed by atoms with van der Waals surface area (Å²) in [6.07, 6.45) is 11.3. The van der Waals surface area contributed by atoms with E-state index in [1.165, 1.54) is 25.7 Å². The normalized spacial score (nSPS) is 52.8. The van der Waals surface area contributed by atoms with Gasteiger partial charge in [-0.2, -0.15) is 0 Å². The van der Waals surface area contributed by atoms with Crippen LogP contribution in [0, 0.1) is 56.7 Å². The van der Waals surface area contributed by atoms with E-state index in [9.17, 15) is 9.59 Å². The SMILES string of the molecule is CC(=O)O[C@H]1C=C2[C@@H]3[C@@H](C)[C@H](C)CC[C@]3(C)CC[C@@]2(C)[C@]2(C)CC[C@H]3C(C)(C)C(=O)CC[C@]3(C)[C@@H]12. The molecule has 3 nitrogen and oxygen atoms in total. The predicted octanol–water partition coefficient (Wildman–Crippen LogP) is 7.77. The Morgan fingerprint density at radius 2 is 1.63 bits per heavy atom. The third-order valence-electron chi connectivity index (χ3n) is 13.4. The molecule has 3 heteroatoms. The molecule has 0 unspecified atom stereocenters. The zero-order valence-electron chi connectivity index (χ0n) is 23.9. The van der Waals surface area contributed by atoms with E-state index in [0.29, 0.717) is 35.4 Å². The minimum atomic E-state index is -0.307. The molecule has 0 N–H and O–H groups in total. The van der Waals surface area contributed by atoms with Crippen molar-refractivity contribution in [2.45, 2.75) is 120 Å². The summed E-state index contributed by atoms with van der Waals surface area (Å²) in [7, 11) is 0. The van der Waals surface area contributed by atoms with Crippen molar-refractivity contribution in [2.75, 3.05) is 0 Å². The highest BCUT2D eigenvalue weighted by atomic mass is 16.5. The number of fused-ring (bicyclic) bond motifs is 7. The Morgan fingerprint density at radius 3 is 2.29 bits per heavy atom. The van der Waals surface area contributed by atoms with E-state index in [4.69, 9.17) is 4.74 Å². The van der Waals surface area contributed by atoms with Crippen molar-refractivity contribution < 1.29 is 14.3 Å². The van der Waals surface area contributed by atoms with Crippen LogP contribution in [-0.2, 0) is 14.3 Å². The van der Waals surface area contributed by atoms with Crippen LogP contribution >= 0.6 is 0 Å². The molecule has 0 aromatic rings. The third-order valence-corrected chi connectivity index (χ3v) is 13.4. The van der Waals surface area contributed by atoms with Gasteiger partial charge < -0.3 is 4.74 Å². The van der Waals surface area contributed by atoms with Gasteiger partial charge in [0.25, 0.3) is 0 Å². The van der Waals surface area contributed by atoms with Crippen LogP contribution in [0.1, 0.15) is 114 Å². The first-order valence-corrected chi connectivity index (χ1v) is 14.5. The first kappa shape index (κ1) is 25.5. The zero-order valence-corrected chi connectivity index (χ0v) is 23.9. The lowest BCUT2D eigenvalue weighted by Gasteiger charge is -2.71. The van der Waals surface area contributed by atoms with Gasteiger partial charge in [0, 0.05) is 24.7 Å². The minimum Gasteiger partial charge on any atom is -0.458 e. The van der Waals surface area contributed by atoms with Crippen LogP contribution in [0.15, 0.2) is 11.6 Å². The summed E-state index contributed by atoms with van der Waals surface area (Å²) in [5.74, 6) is 2.79. The Balaban J connectivity index is 1.70. The van der Waals surface area contributed by atoms with Gasteiger partial charge in [0.1, 0.15) is 11.9 Å². The van der Waals surface area contributed by atoms with Gasteiger partial charge in [0.15, 0.2) is 0 Å². The molecule has 5 aliphatic rings. The van der Waals surface area contributed by atoms with Crippen LogP contribution < -0.4 is 0 Å². The average molecular weight is 483 g/mol. The predicted molar refractivity (Wildman–Crippen MR) is 141 cm³/mol. The highest BCUT2D eigenvalue weighted by Gasteiger charge is 2.70. The molecule has 5 rings (SSSR count). The molecule has 0 aliphatic heterocycles. The molecule has 0 radical (unpaired) electrons. The maximum absolute atomic E-state index is 13.1. The van der Waals surface area contributed by atoms with Crippen molar-refractivity contribution in [2.24, 2.45) is 56.7 Å². The van der Waals surface area contributed by atoms with Crippen LogP contribution in [-0.4, -0.2) is 17.9 Å². The van der Waals surface area contributed by atoms with Crippen molar-refractivity contribution in [3.63, 3.8) is 0 Å². The van der Waals surface area contributed by atoms with Crippen LogP contribution in [0.2, 0.25) is 0 Å². The van der Waals surface area contributed by atoms with E-state index in [1.54, 1.807) is 12.5 Å². The molecular weight excluding hydrogens is 432 g/mol. The molecule has 196 valence electrons. The van der Waals surface area contributed by atoms with Crippen molar-refractivity contribution in [1.29, 1.82) is 0 Å². The maximum Gasteiger partial charge on any atom is 0.303 e. The van der Waals surface area contributed by atoms with E-state index >= 15 is 0 Å². The van der Waals surface area contributed by atoms with Gasteiger partial charge in [-0.25, -0.2) is 0 Å². The molecule has 5 aliphatic carbocycles. The monoisotopic (exact) mass is 482 g/mol. The Bertz CT molecular complexity index is 962. The molecule has 0 aromatic heterocycles. The topological polar surface area (TPSA) is 43.4 Å². The number of ketones is 1. The number of hydrogen-bond acceptors (Lipinski definition) is 3. The van der Waals surface area contributed by atoms with E-state index in [0.717, 1.165) is 25.2 Å². The smallest absolute Gasteiger partial charge is 0.303 e. The third kappa shape index (κ3) is 3.21. The fraction of sp³-hybridized carbons (Fsp3) is 0.875. The Morgan fingerprint density at radius 1 is 0.943 bits per heavy atom. The Labute approximate surface area is 214 Å². The second kappa shape index (κ2) is 7.70. The quantitative estimate of drug-likeness (QED) is 0.283. The molecular formula is C32H50O3. The fourth-order valence-corrected chi connectivity index (χ4v) is 11.0. The first-order valence-electron chi connectivity index (χ1n) is 14.5. The molecule has 4 saturated carbocycles. The summed E-state index contributed by atoms with van der Waals surface area (Å²) < 4.78 is 6.30. The first-order chi connectivity index (χ1) is 16.1. The lowest BCUT2D eigenvalue weighted by atomic mass is 9.33. The summed E-state index contributed by atoms with van der Waals surface area (Å²) in [6.45, 7) is 21.0. The summed E-state index contributed by atoms with van der Waals surface area (Å²) in [5, 5.41) is 0. The summed E-state index contributed by atoms with van der Waals surface area (Å²) in [4.78, 5) is 25.6. The Hall–Kier alpha value is -1.12. The lowest BCUT2D eigenvalue weighted by Crippen LogP contribution is -2.67. The summed E-state index contributed by atoms with van der Waals surface area (Å²) in [5.41, 5.74) is 1.81. The number of carbonyl (C=O) groups is 2. The minimum absolute atomic E-state index is 0.0121. The van der Waals surface area contributed by atoms with Gasteiger partial charge in [-0.3, -0.25) is 9.59 Å². The van der Waals surface area contributed by atoms with E-state index in [2.05, 4.69) is 61.5 Å². The number of Topliss-reactive ketones (excluding diaryl/α,β-unsaturated/α-hetero) is 1.